The van der Waals surface area contributed by atoms with Gasteiger partial charge in [-0.15, -0.1) is 0 Å². The predicted molar refractivity (Wildman–Crippen MR) is 127 cm³/mol. The maximum Gasteiger partial charge on any atom is 0.272 e. The van der Waals surface area contributed by atoms with E-state index in [0.717, 1.165) is 23.2 Å². The maximum absolute atomic E-state index is 13.3. The third-order valence-corrected chi connectivity index (χ3v) is 7.85. The van der Waals surface area contributed by atoms with Crippen molar-refractivity contribution in [2.75, 3.05) is 6.54 Å². The molecule has 1 N–H and O–H groups in total. The van der Waals surface area contributed by atoms with Crippen LogP contribution in [0.3, 0.4) is 0 Å². The van der Waals surface area contributed by atoms with Crippen LogP contribution in [0.4, 0.5) is 4.39 Å². The minimum absolute atomic E-state index is 0.0819. The van der Waals surface area contributed by atoms with E-state index in [2.05, 4.69) is 24.3 Å². The van der Waals surface area contributed by atoms with Crippen molar-refractivity contribution in [2.45, 2.75) is 44.7 Å². The van der Waals surface area contributed by atoms with Gasteiger partial charge >= 0.3 is 0 Å². The van der Waals surface area contributed by atoms with Crippen LogP contribution in [0.15, 0.2) is 53.4 Å². The number of hydrogen-bond acceptors (Lipinski definition) is 4. The SMILES string of the molecule is CC(C)Cc1ccc(S(=O)(=O)N2CCc3c(c(C(=O)NCc4ccc(F)cc4)nn3C)C2)cc1. The number of halogens is 1. The average molecular weight is 485 g/mol. The normalized spacial score (nSPS) is 14.3. The van der Waals surface area contributed by atoms with Crippen LogP contribution in [0.1, 0.15) is 46.7 Å². The molecule has 1 aromatic heterocycles. The molecular weight excluding hydrogens is 455 g/mol. The molecule has 9 heteroatoms. The van der Waals surface area contributed by atoms with Gasteiger partial charge in [-0.1, -0.05) is 38.1 Å². The number of nitrogens with zero attached hydrogens (tertiary/aromatic N) is 3. The minimum atomic E-state index is -3.71. The monoisotopic (exact) mass is 484 g/mol. The zero-order valence-electron chi connectivity index (χ0n) is 19.6. The van der Waals surface area contributed by atoms with Crippen molar-refractivity contribution in [3.63, 3.8) is 0 Å². The number of rotatable bonds is 7. The molecule has 2 aromatic carbocycles. The van der Waals surface area contributed by atoms with Gasteiger partial charge in [0, 0.05) is 44.4 Å². The van der Waals surface area contributed by atoms with Gasteiger partial charge in [0.05, 0.1) is 4.90 Å². The second kappa shape index (κ2) is 9.68. The Balaban J connectivity index is 1.52. The quantitative estimate of drug-likeness (QED) is 0.557. The molecule has 3 aromatic rings. The van der Waals surface area contributed by atoms with Crippen molar-refractivity contribution in [3.05, 3.63) is 82.4 Å². The largest absolute Gasteiger partial charge is 0.347 e. The summed E-state index contributed by atoms with van der Waals surface area (Å²) in [6, 6.07) is 12.9. The van der Waals surface area contributed by atoms with Crippen LogP contribution in [0, 0.1) is 11.7 Å². The molecule has 34 heavy (non-hydrogen) atoms. The summed E-state index contributed by atoms with van der Waals surface area (Å²) in [6.45, 7) is 4.86. The van der Waals surface area contributed by atoms with Crippen LogP contribution >= 0.6 is 0 Å². The minimum Gasteiger partial charge on any atom is -0.347 e. The Bertz CT molecular complexity index is 1280. The Hall–Kier alpha value is -3.04. The molecule has 0 atom stereocenters. The molecule has 1 amide bonds. The molecular formula is C25H29FN4O3S. The Labute approximate surface area is 199 Å². The van der Waals surface area contributed by atoms with Crippen LogP contribution in [0.2, 0.25) is 0 Å². The molecule has 0 saturated heterocycles. The molecule has 0 unspecified atom stereocenters. The standard InChI is InChI=1S/C25H29FN4O3S/c1-17(2)14-18-6-10-21(11-7-18)34(32,33)30-13-12-23-22(16-30)24(28-29(23)3)25(31)27-15-19-4-8-20(26)9-5-19/h4-11,17H,12-16H2,1-3H3,(H,27,31). The first-order chi connectivity index (χ1) is 16.1. The summed E-state index contributed by atoms with van der Waals surface area (Å²) in [4.78, 5) is 13.1. The van der Waals surface area contributed by atoms with Gasteiger partial charge < -0.3 is 5.32 Å². The fourth-order valence-electron chi connectivity index (χ4n) is 4.24. The highest BCUT2D eigenvalue weighted by molar-refractivity contribution is 7.89. The van der Waals surface area contributed by atoms with E-state index in [1.165, 1.54) is 16.4 Å². The summed E-state index contributed by atoms with van der Waals surface area (Å²) in [5.74, 6) is -0.246. The summed E-state index contributed by atoms with van der Waals surface area (Å²) in [5.41, 5.74) is 3.54. The lowest BCUT2D eigenvalue weighted by molar-refractivity contribution is 0.0943. The zero-order chi connectivity index (χ0) is 24.5. The Morgan fingerprint density at radius 2 is 1.74 bits per heavy atom. The highest BCUT2D eigenvalue weighted by atomic mass is 32.2. The van der Waals surface area contributed by atoms with Crippen molar-refractivity contribution < 1.29 is 17.6 Å². The zero-order valence-corrected chi connectivity index (χ0v) is 20.4. The molecule has 1 aliphatic heterocycles. The first-order valence-electron chi connectivity index (χ1n) is 11.3. The van der Waals surface area contributed by atoms with E-state index in [9.17, 15) is 17.6 Å². The topological polar surface area (TPSA) is 84.3 Å². The smallest absolute Gasteiger partial charge is 0.272 e. The van der Waals surface area contributed by atoms with Gasteiger partial charge in [-0.25, -0.2) is 12.8 Å². The van der Waals surface area contributed by atoms with E-state index < -0.39 is 15.9 Å². The predicted octanol–water partition coefficient (Wildman–Crippen LogP) is 3.43. The Kier molecular flexibility index (Phi) is 6.86. The summed E-state index contributed by atoms with van der Waals surface area (Å²) < 4.78 is 42.8. The van der Waals surface area contributed by atoms with Crippen LogP contribution in [0.25, 0.3) is 0 Å². The second-order valence-corrected chi connectivity index (χ2v) is 11.0. The fraction of sp³-hybridized carbons (Fsp3) is 0.360. The van der Waals surface area contributed by atoms with Crippen molar-refractivity contribution in [1.82, 2.24) is 19.4 Å². The van der Waals surface area contributed by atoms with Gasteiger partial charge in [0.1, 0.15) is 5.82 Å². The van der Waals surface area contributed by atoms with Gasteiger partial charge in [-0.2, -0.15) is 9.40 Å². The number of aromatic nitrogens is 2. The Morgan fingerprint density at radius 3 is 2.38 bits per heavy atom. The molecule has 0 saturated carbocycles. The van der Waals surface area contributed by atoms with Crippen LogP contribution in [-0.4, -0.2) is 35.0 Å². The maximum atomic E-state index is 13.3. The summed E-state index contributed by atoms with van der Waals surface area (Å²) in [7, 11) is -1.96. The number of amides is 1. The third-order valence-electron chi connectivity index (χ3n) is 5.99. The number of benzene rings is 2. The molecule has 0 aliphatic carbocycles. The van der Waals surface area contributed by atoms with Crippen LogP contribution in [0.5, 0.6) is 0 Å². The van der Waals surface area contributed by atoms with Gasteiger partial charge in [0.15, 0.2) is 5.69 Å². The molecule has 0 spiro atoms. The van der Waals surface area contributed by atoms with E-state index in [0.29, 0.717) is 24.4 Å². The lowest BCUT2D eigenvalue weighted by Gasteiger charge is -2.27. The number of sulfonamides is 1. The highest BCUT2D eigenvalue weighted by Crippen LogP contribution is 2.27. The van der Waals surface area contributed by atoms with E-state index in [-0.39, 0.29) is 29.5 Å². The number of carbonyl (C=O) groups is 1. The van der Waals surface area contributed by atoms with Crippen molar-refractivity contribution >= 4 is 15.9 Å². The number of nitrogens with one attached hydrogen (secondary N) is 1. The second-order valence-electron chi connectivity index (χ2n) is 9.04. The van der Waals surface area contributed by atoms with E-state index >= 15 is 0 Å². The van der Waals surface area contributed by atoms with Gasteiger partial charge in [-0.05, 0) is 47.7 Å². The first-order valence-corrected chi connectivity index (χ1v) is 12.8. The number of fused-ring (bicyclic) bond motifs is 1. The highest BCUT2D eigenvalue weighted by Gasteiger charge is 2.33. The molecule has 1 aliphatic rings. The van der Waals surface area contributed by atoms with Gasteiger partial charge in [0.2, 0.25) is 10.0 Å². The van der Waals surface area contributed by atoms with E-state index in [1.54, 1.807) is 36.0 Å². The Morgan fingerprint density at radius 1 is 1.09 bits per heavy atom. The summed E-state index contributed by atoms with van der Waals surface area (Å²) in [5, 5.41) is 7.17. The number of hydrogen-bond donors (Lipinski definition) is 1. The van der Waals surface area contributed by atoms with E-state index in [4.69, 9.17) is 0 Å². The molecule has 0 bridgehead atoms. The fourth-order valence-corrected chi connectivity index (χ4v) is 5.65. The molecule has 2 heterocycles. The van der Waals surface area contributed by atoms with E-state index in [1.807, 2.05) is 12.1 Å². The van der Waals surface area contributed by atoms with Crippen molar-refractivity contribution in [2.24, 2.45) is 13.0 Å². The number of aryl methyl sites for hydroxylation is 1. The summed E-state index contributed by atoms with van der Waals surface area (Å²) in [6.07, 6.45) is 1.36. The first kappa shape index (κ1) is 24.1. The van der Waals surface area contributed by atoms with Crippen LogP contribution in [-0.2, 0) is 43.0 Å². The number of carbonyl (C=O) groups excluding carboxylic acids is 1. The lowest BCUT2D eigenvalue weighted by Crippen LogP contribution is -2.37. The third kappa shape index (κ3) is 5.05. The van der Waals surface area contributed by atoms with Crippen LogP contribution < -0.4 is 5.32 Å². The molecule has 0 radical (unpaired) electrons. The molecule has 4 rings (SSSR count). The lowest BCUT2D eigenvalue weighted by atomic mass is 10.0. The van der Waals surface area contributed by atoms with Crippen molar-refractivity contribution in [3.8, 4) is 0 Å². The molecule has 180 valence electrons. The average Bonchev–Trinajstić information content (AvgIpc) is 3.14. The van der Waals surface area contributed by atoms with Gasteiger partial charge in [0.25, 0.3) is 5.91 Å². The van der Waals surface area contributed by atoms with Crippen molar-refractivity contribution in [1.29, 1.82) is 0 Å². The van der Waals surface area contributed by atoms with Gasteiger partial charge in [-0.3, -0.25) is 9.48 Å². The summed E-state index contributed by atoms with van der Waals surface area (Å²) >= 11 is 0. The molecule has 0 fully saturated rings. The molecule has 7 nitrogen and oxygen atoms in total.